The Kier molecular flexibility index (Phi) is 3.68. The molecule has 1 unspecified atom stereocenters. The van der Waals surface area contributed by atoms with E-state index in [2.05, 4.69) is 21.6 Å². The Balaban J connectivity index is 2.09. The maximum Gasteiger partial charge on any atom is 0.125 e. The maximum atomic E-state index is 6.33. The first-order valence-electron chi connectivity index (χ1n) is 6.39. The minimum atomic E-state index is 0.161. The highest BCUT2D eigenvalue weighted by atomic mass is 35.5. The smallest absolute Gasteiger partial charge is 0.125 e. The number of alkyl halides is 1. The summed E-state index contributed by atoms with van der Waals surface area (Å²) < 4.78 is 4.00. The Morgan fingerprint density at radius 3 is 2.85 bits per heavy atom. The van der Waals surface area contributed by atoms with Gasteiger partial charge in [-0.15, -0.1) is 11.6 Å². The van der Waals surface area contributed by atoms with E-state index in [9.17, 15) is 0 Å². The molecule has 0 amide bonds. The molecule has 1 atom stereocenters. The van der Waals surface area contributed by atoms with Gasteiger partial charge in [-0.1, -0.05) is 17.7 Å². The summed E-state index contributed by atoms with van der Waals surface area (Å²) in [6.07, 6.45) is 3.71. The molecule has 0 saturated carbocycles. The van der Waals surface area contributed by atoms with Gasteiger partial charge in [-0.2, -0.15) is 5.10 Å². The van der Waals surface area contributed by atoms with E-state index in [1.807, 2.05) is 35.1 Å². The van der Waals surface area contributed by atoms with E-state index in [0.29, 0.717) is 10.9 Å². The van der Waals surface area contributed by atoms with E-state index in [1.165, 1.54) is 0 Å². The summed E-state index contributed by atoms with van der Waals surface area (Å²) in [7, 11) is 0. The van der Waals surface area contributed by atoms with Gasteiger partial charge in [0.25, 0.3) is 0 Å². The number of hydrogen-bond donors (Lipinski definition) is 0. The summed E-state index contributed by atoms with van der Waals surface area (Å²) in [5.74, 6) is 1.18. The molecule has 6 heteroatoms. The summed E-state index contributed by atoms with van der Waals surface area (Å²) in [6.45, 7) is 2.86. The lowest BCUT2D eigenvalue weighted by atomic mass is 10.2. The van der Waals surface area contributed by atoms with Crippen LogP contribution in [0.5, 0.6) is 0 Å². The highest BCUT2D eigenvalue weighted by Crippen LogP contribution is 2.28. The summed E-state index contributed by atoms with van der Waals surface area (Å²) in [5.41, 5.74) is 1.81. The van der Waals surface area contributed by atoms with Crippen molar-refractivity contribution in [2.24, 2.45) is 0 Å². The SMILES string of the molecule is CC(Cn1cccn1)n1c(CCl)nc2cccc(Cl)c21. The van der Waals surface area contributed by atoms with Crippen LogP contribution in [0.2, 0.25) is 5.02 Å². The second-order valence-corrected chi connectivity index (χ2v) is 5.39. The van der Waals surface area contributed by atoms with Crippen LogP contribution < -0.4 is 0 Å². The van der Waals surface area contributed by atoms with Crippen LogP contribution in [0, 0.1) is 0 Å². The molecule has 0 aliphatic heterocycles. The molecule has 3 rings (SSSR count). The van der Waals surface area contributed by atoms with Crippen molar-refractivity contribution in [2.45, 2.75) is 25.4 Å². The van der Waals surface area contributed by atoms with Crippen molar-refractivity contribution < 1.29 is 0 Å². The molecule has 3 aromatic rings. The fraction of sp³-hybridized carbons (Fsp3) is 0.286. The minimum Gasteiger partial charge on any atom is -0.321 e. The zero-order chi connectivity index (χ0) is 14.1. The number of nitrogens with zero attached hydrogens (tertiary/aromatic N) is 4. The third-order valence-corrected chi connectivity index (χ3v) is 3.85. The first-order valence-corrected chi connectivity index (χ1v) is 7.30. The second kappa shape index (κ2) is 5.46. The van der Waals surface area contributed by atoms with Gasteiger partial charge in [0.1, 0.15) is 5.82 Å². The van der Waals surface area contributed by atoms with Crippen LogP contribution in [-0.4, -0.2) is 19.3 Å². The molecule has 0 bridgehead atoms. The van der Waals surface area contributed by atoms with Gasteiger partial charge < -0.3 is 4.57 Å². The summed E-state index contributed by atoms with van der Waals surface area (Å²) in [4.78, 5) is 4.56. The summed E-state index contributed by atoms with van der Waals surface area (Å²) in [5, 5.41) is 4.93. The maximum absolute atomic E-state index is 6.33. The van der Waals surface area contributed by atoms with Crippen molar-refractivity contribution in [1.29, 1.82) is 0 Å². The van der Waals surface area contributed by atoms with E-state index in [-0.39, 0.29) is 6.04 Å². The van der Waals surface area contributed by atoms with Crippen molar-refractivity contribution in [3.8, 4) is 0 Å². The number of para-hydroxylation sites is 1. The first-order chi connectivity index (χ1) is 9.70. The Morgan fingerprint density at radius 1 is 1.30 bits per heavy atom. The van der Waals surface area contributed by atoms with E-state index < -0.39 is 0 Å². The number of hydrogen-bond acceptors (Lipinski definition) is 2. The molecule has 0 radical (unpaired) electrons. The predicted molar refractivity (Wildman–Crippen MR) is 81.2 cm³/mol. The third kappa shape index (κ3) is 2.30. The van der Waals surface area contributed by atoms with E-state index in [0.717, 1.165) is 23.4 Å². The van der Waals surface area contributed by atoms with Gasteiger partial charge in [-0.3, -0.25) is 4.68 Å². The van der Waals surface area contributed by atoms with Crippen LogP contribution >= 0.6 is 23.2 Å². The Labute approximate surface area is 126 Å². The molecule has 20 heavy (non-hydrogen) atoms. The van der Waals surface area contributed by atoms with Crippen molar-refractivity contribution in [1.82, 2.24) is 19.3 Å². The third-order valence-electron chi connectivity index (χ3n) is 3.30. The Hall–Kier alpha value is -1.52. The average Bonchev–Trinajstić information content (AvgIpc) is 3.05. The topological polar surface area (TPSA) is 35.6 Å². The molecule has 0 spiro atoms. The molecule has 0 N–H and O–H groups in total. The predicted octanol–water partition coefficient (Wildman–Crippen LogP) is 3.89. The van der Waals surface area contributed by atoms with Crippen LogP contribution in [0.25, 0.3) is 11.0 Å². The molecule has 0 aliphatic carbocycles. The molecule has 1 aromatic carbocycles. The standard InChI is InChI=1S/C14H14Cl2N4/c1-10(9-19-7-3-6-17-19)20-13(8-15)18-12-5-2-4-11(16)14(12)20/h2-7,10H,8-9H2,1H3. The van der Waals surface area contributed by atoms with Crippen molar-refractivity contribution in [3.63, 3.8) is 0 Å². The minimum absolute atomic E-state index is 0.161. The molecule has 0 saturated heterocycles. The fourth-order valence-corrected chi connectivity index (χ4v) is 2.93. The average molecular weight is 309 g/mol. The molecule has 2 aromatic heterocycles. The molecule has 0 aliphatic rings. The van der Waals surface area contributed by atoms with Crippen LogP contribution in [0.3, 0.4) is 0 Å². The van der Waals surface area contributed by atoms with Crippen LogP contribution in [-0.2, 0) is 12.4 Å². The monoisotopic (exact) mass is 308 g/mol. The molecule has 2 heterocycles. The number of aromatic nitrogens is 4. The van der Waals surface area contributed by atoms with Crippen molar-refractivity contribution >= 4 is 34.2 Å². The van der Waals surface area contributed by atoms with Gasteiger partial charge in [0, 0.05) is 12.4 Å². The van der Waals surface area contributed by atoms with Gasteiger partial charge in [0.05, 0.1) is 34.5 Å². The summed E-state index contributed by atoms with van der Waals surface area (Å²) >= 11 is 12.4. The van der Waals surface area contributed by atoms with E-state index >= 15 is 0 Å². The quantitative estimate of drug-likeness (QED) is 0.686. The van der Waals surface area contributed by atoms with Gasteiger partial charge in [0.15, 0.2) is 0 Å². The van der Waals surface area contributed by atoms with Gasteiger partial charge >= 0.3 is 0 Å². The normalized spacial score (nSPS) is 12.9. The highest BCUT2D eigenvalue weighted by Gasteiger charge is 2.17. The lowest BCUT2D eigenvalue weighted by molar-refractivity contribution is 0.438. The highest BCUT2D eigenvalue weighted by molar-refractivity contribution is 6.35. The van der Waals surface area contributed by atoms with Crippen LogP contribution in [0.15, 0.2) is 36.7 Å². The van der Waals surface area contributed by atoms with Gasteiger partial charge in [-0.05, 0) is 25.1 Å². The molecule has 0 fully saturated rings. The largest absolute Gasteiger partial charge is 0.321 e. The van der Waals surface area contributed by atoms with Gasteiger partial charge in [-0.25, -0.2) is 4.98 Å². The number of benzene rings is 1. The van der Waals surface area contributed by atoms with Crippen LogP contribution in [0.1, 0.15) is 18.8 Å². The molecule has 4 nitrogen and oxygen atoms in total. The first kappa shape index (κ1) is 13.5. The zero-order valence-corrected chi connectivity index (χ0v) is 12.5. The Morgan fingerprint density at radius 2 is 2.15 bits per heavy atom. The van der Waals surface area contributed by atoms with Gasteiger partial charge in [0.2, 0.25) is 0 Å². The molecular weight excluding hydrogens is 295 g/mol. The van der Waals surface area contributed by atoms with E-state index in [1.54, 1.807) is 6.20 Å². The Bertz CT molecular complexity index is 718. The van der Waals surface area contributed by atoms with E-state index in [4.69, 9.17) is 23.2 Å². The lowest BCUT2D eigenvalue weighted by Crippen LogP contribution is -2.15. The number of rotatable bonds is 4. The molecule has 104 valence electrons. The zero-order valence-electron chi connectivity index (χ0n) is 11.0. The van der Waals surface area contributed by atoms with Crippen molar-refractivity contribution in [3.05, 3.63) is 47.5 Å². The van der Waals surface area contributed by atoms with Crippen molar-refractivity contribution in [2.75, 3.05) is 0 Å². The summed E-state index contributed by atoms with van der Waals surface area (Å²) in [6, 6.07) is 7.80. The lowest BCUT2D eigenvalue weighted by Gasteiger charge is -2.17. The fourth-order valence-electron chi connectivity index (χ4n) is 2.48. The second-order valence-electron chi connectivity index (χ2n) is 4.72. The number of imidazole rings is 1. The number of fused-ring (bicyclic) bond motifs is 1. The number of halogens is 2. The molecular formula is C14H14Cl2N4. The van der Waals surface area contributed by atoms with Crippen LogP contribution in [0.4, 0.5) is 0 Å².